The molecule has 116 valence electrons. The first-order valence-corrected chi connectivity index (χ1v) is 6.72. The number of aliphatic hydroxyl groups is 1. The molecule has 0 heterocycles. The van der Waals surface area contributed by atoms with Crippen LogP contribution in [0.4, 0.5) is 10.5 Å². The second-order valence-electron chi connectivity index (χ2n) is 4.53. The fourth-order valence-corrected chi connectivity index (χ4v) is 1.78. The maximum atomic E-state index is 12.0. The van der Waals surface area contributed by atoms with Crippen LogP contribution >= 0.6 is 0 Å². The number of carbonyl (C=O) groups excluding carboxylic acids is 1. The van der Waals surface area contributed by atoms with E-state index in [0.717, 1.165) is 12.8 Å². The van der Waals surface area contributed by atoms with Gasteiger partial charge in [-0.1, -0.05) is 13.3 Å². The van der Waals surface area contributed by atoms with E-state index in [4.69, 9.17) is 10.2 Å². The molecule has 0 bridgehead atoms. The number of nitrogens with one attached hydrogen (secondary N) is 1. The van der Waals surface area contributed by atoms with Crippen molar-refractivity contribution in [2.45, 2.75) is 19.8 Å². The van der Waals surface area contributed by atoms with Gasteiger partial charge < -0.3 is 25.5 Å². The highest BCUT2D eigenvalue weighted by molar-refractivity contribution is 5.93. The summed E-state index contributed by atoms with van der Waals surface area (Å²) >= 11 is 0. The predicted molar refractivity (Wildman–Crippen MR) is 77.7 cm³/mol. The van der Waals surface area contributed by atoms with E-state index in [1.165, 1.54) is 23.1 Å². The summed E-state index contributed by atoms with van der Waals surface area (Å²) in [5.74, 6) is -1.65. The van der Waals surface area contributed by atoms with Crippen LogP contribution in [0.15, 0.2) is 18.2 Å². The number of unbranched alkanes of at least 4 members (excludes halogenated alkanes) is 1. The van der Waals surface area contributed by atoms with Crippen molar-refractivity contribution in [2.24, 2.45) is 0 Å². The van der Waals surface area contributed by atoms with Gasteiger partial charge in [0.1, 0.15) is 11.3 Å². The Balaban J connectivity index is 2.76. The number of benzene rings is 1. The van der Waals surface area contributed by atoms with E-state index < -0.39 is 17.7 Å². The Bertz CT molecular complexity index is 504. The van der Waals surface area contributed by atoms with Gasteiger partial charge in [0, 0.05) is 24.8 Å². The molecule has 0 unspecified atom stereocenters. The summed E-state index contributed by atoms with van der Waals surface area (Å²) in [7, 11) is 0. The Hall–Kier alpha value is -2.28. The number of carboxylic acids is 1. The first-order valence-electron chi connectivity index (χ1n) is 6.72. The molecule has 0 aliphatic rings. The maximum Gasteiger partial charge on any atom is 0.339 e. The van der Waals surface area contributed by atoms with Crippen LogP contribution < -0.4 is 5.32 Å². The van der Waals surface area contributed by atoms with Gasteiger partial charge in [-0.2, -0.15) is 0 Å². The molecule has 1 aromatic carbocycles. The first kappa shape index (κ1) is 16.8. The Morgan fingerprint density at radius 3 is 2.52 bits per heavy atom. The van der Waals surface area contributed by atoms with Crippen molar-refractivity contribution in [3.05, 3.63) is 23.8 Å². The number of phenols is 1. The number of nitrogens with zero attached hydrogens (tertiary/aromatic N) is 1. The molecule has 0 aliphatic heterocycles. The number of anilines is 1. The third kappa shape index (κ3) is 4.96. The summed E-state index contributed by atoms with van der Waals surface area (Å²) in [6, 6.07) is 3.39. The molecular weight excluding hydrogens is 276 g/mol. The Labute approximate surface area is 122 Å². The van der Waals surface area contributed by atoms with Gasteiger partial charge in [0.2, 0.25) is 0 Å². The summed E-state index contributed by atoms with van der Waals surface area (Å²) in [4.78, 5) is 24.3. The quantitative estimate of drug-likeness (QED) is 0.612. The summed E-state index contributed by atoms with van der Waals surface area (Å²) in [5.41, 5.74) is 0.0631. The van der Waals surface area contributed by atoms with E-state index in [1.54, 1.807) is 0 Å². The topological polar surface area (TPSA) is 110 Å². The van der Waals surface area contributed by atoms with Gasteiger partial charge in [-0.05, 0) is 18.6 Å². The van der Waals surface area contributed by atoms with Crippen molar-refractivity contribution in [1.82, 2.24) is 4.90 Å². The molecule has 1 aromatic rings. The van der Waals surface area contributed by atoms with Gasteiger partial charge in [-0.25, -0.2) is 9.59 Å². The molecule has 7 heteroatoms. The van der Waals surface area contributed by atoms with Crippen molar-refractivity contribution in [3.63, 3.8) is 0 Å². The van der Waals surface area contributed by atoms with E-state index in [0.29, 0.717) is 12.2 Å². The fourth-order valence-electron chi connectivity index (χ4n) is 1.78. The third-order valence-corrected chi connectivity index (χ3v) is 2.92. The number of aromatic carboxylic acids is 1. The highest BCUT2D eigenvalue weighted by atomic mass is 16.4. The van der Waals surface area contributed by atoms with Gasteiger partial charge >= 0.3 is 12.0 Å². The van der Waals surface area contributed by atoms with E-state index in [9.17, 15) is 14.7 Å². The number of urea groups is 1. The average Bonchev–Trinajstić information content (AvgIpc) is 2.43. The van der Waals surface area contributed by atoms with Crippen LogP contribution in [0.25, 0.3) is 0 Å². The highest BCUT2D eigenvalue weighted by Crippen LogP contribution is 2.22. The lowest BCUT2D eigenvalue weighted by molar-refractivity contribution is 0.0694. The molecule has 0 aliphatic carbocycles. The molecule has 4 N–H and O–H groups in total. The van der Waals surface area contributed by atoms with E-state index in [-0.39, 0.29) is 18.7 Å². The zero-order chi connectivity index (χ0) is 15.8. The summed E-state index contributed by atoms with van der Waals surface area (Å²) < 4.78 is 0. The zero-order valence-corrected chi connectivity index (χ0v) is 11.9. The Morgan fingerprint density at radius 2 is 2.00 bits per heavy atom. The molecule has 0 saturated heterocycles. The van der Waals surface area contributed by atoms with E-state index in [1.807, 2.05) is 6.92 Å². The summed E-state index contributed by atoms with van der Waals surface area (Å²) in [5, 5.41) is 29.9. The Kier molecular flexibility index (Phi) is 6.48. The van der Waals surface area contributed by atoms with Crippen molar-refractivity contribution in [3.8, 4) is 5.75 Å². The maximum absolute atomic E-state index is 12.0. The molecule has 0 atom stereocenters. The van der Waals surface area contributed by atoms with Crippen LogP contribution in [-0.4, -0.2) is 51.9 Å². The molecule has 2 amide bonds. The minimum absolute atomic E-state index is 0.139. The van der Waals surface area contributed by atoms with Crippen molar-refractivity contribution < 1.29 is 24.9 Å². The van der Waals surface area contributed by atoms with Gasteiger partial charge in [-0.15, -0.1) is 0 Å². The number of hydrogen-bond donors (Lipinski definition) is 4. The lowest BCUT2D eigenvalue weighted by Crippen LogP contribution is -2.37. The SMILES string of the molecule is CCCCN(CCO)C(=O)Nc1ccc(C(=O)O)c(O)c1. The third-order valence-electron chi connectivity index (χ3n) is 2.92. The molecule has 7 nitrogen and oxygen atoms in total. The normalized spacial score (nSPS) is 10.2. The second-order valence-corrected chi connectivity index (χ2v) is 4.53. The van der Waals surface area contributed by atoms with Crippen molar-refractivity contribution >= 4 is 17.7 Å². The number of rotatable bonds is 7. The van der Waals surface area contributed by atoms with Crippen LogP contribution in [-0.2, 0) is 0 Å². The molecule has 0 spiro atoms. The van der Waals surface area contributed by atoms with Crippen LogP contribution in [0, 0.1) is 0 Å². The average molecular weight is 296 g/mol. The van der Waals surface area contributed by atoms with Gasteiger partial charge in [0.05, 0.1) is 6.61 Å². The monoisotopic (exact) mass is 296 g/mol. The first-order chi connectivity index (χ1) is 9.99. The van der Waals surface area contributed by atoms with Crippen LogP contribution in [0.1, 0.15) is 30.1 Å². The Morgan fingerprint density at radius 1 is 1.29 bits per heavy atom. The fraction of sp³-hybridized carbons (Fsp3) is 0.429. The van der Waals surface area contributed by atoms with Gasteiger partial charge in [0.15, 0.2) is 0 Å². The lowest BCUT2D eigenvalue weighted by atomic mass is 10.2. The van der Waals surface area contributed by atoms with Crippen LogP contribution in [0.3, 0.4) is 0 Å². The number of carbonyl (C=O) groups is 2. The largest absolute Gasteiger partial charge is 0.507 e. The van der Waals surface area contributed by atoms with Crippen molar-refractivity contribution in [1.29, 1.82) is 0 Å². The minimum Gasteiger partial charge on any atom is -0.507 e. The number of aromatic hydroxyl groups is 1. The zero-order valence-electron chi connectivity index (χ0n) is 11.9. The van der Waals surface area contributed by atoms with Gasteiger partial charge in [-0.3, -0.25) is 0 Å². The summed E-state index contributed by atoms with van der Waals surface area (Å²) in [6.45, 7) is 2.59. The van der Waals surface area contributed by atoms with Crippen LogP contribution in [0.5, 0.6) is 5.75 Å². The molecule has 0 radical (unpaired) electrons. The molecule has 0 saturated carbocycles. The number of carboxylic acid groups (broad SMARTS) is 1. The predicted octanol–water partition coefficient (Wildman–Crippen LogP) is 1.72. The minimum atomic E-state index is -1.24. The molecule has 21 heavy (non-hydrogen) atoms. The standard InChI is InChI=1S/C14H20N2O5/c1-2-3-6-16(7-8-17)14(21)15-10-4-5-11(13(19)20)12(18)9-10/h4-5,9,17-18H,2-3,6-8H2,1H3,(H,15,21)(H,19,20). The number of aliphatic hydroxyl groups excluding tert-OH is 1. The molecule has 0 aromatic heterocycles. The second kappa shape index (κ2) is 8.11. The van der Waals surface area contributed by atoms with E-state index >= 15 is 0 Å². The highest BCUT2D eigenvalue weighted by Gasteiger charge is 2.14. The van der Waals surface area contributed by atoms with E-state index in [2.05, 4.69) is 5.32 Å². The lowest BCUT2D eigenvalue weighted by Gasteiger charge is -2.22. The van der Waals surface area contributed by atoms with Crippen molar-refractivity contribution in [2.75, 3.05) is 25.0 Å². The van der Waals surface area contributed by atoms with Crippen LogP contribution in [0.2, 0.25) is 0 Å². The number of amides is 2. The number of hydrogen-bond acceptors (Lipinski definition) is 4. The van der Waals surface area contributed by atoms with Gasteiger partial charge in [0.25, 0.3) is 0 Å². The molecule has 0 fully saturated rings. The summed E-state index contributed by atoms with van der Waals surface area (Å²) in [6.07, 6.45) is 1.74. The molecule has 1 rings (SSSR count). The molecular formula is C14H20N2O5. The smallest absolute Gasteiger partial charge is 0.339 e.